The number of aromatic nitrogens is 4. The molecule has 0 spiro atoms. The molecule has 0 amide bonds. The Morgan fingerprint density at radius 1 is 1.00 bits per heavy atom. The van der Waals surface area contributed by atoms with Crippen LogP contribution in [0.2, 0.25) is 5.02 Å². The fourth-order valence-corrected chi connectivity index (χ4v) is 2.84. The zero-order valence-electron chi connectivity index (χ0n) is 13.5. The maximum atomic E-state index is 13.0. The number of alkyl halides is 3. The van der Waals surface area contributed by atoms with Crippen LogP contribution in [-0.4, -0.2) is 19.9 Å². The van der Waals surface area contributed by atoms with Crippen LogP contribution in [0, 0.1) is 0 Å². The Morgan fingerprint density at radius 3 is 2.67 bits per heavy atom. The molecule has 5 nitrogen and oxygen atoms in total. The van der Waals surface area contributed by atoms with E-state index in [1.807, 2.05) is 18.2 Å². The molecule has 4 rings (SSSR count). The monoisotopic (exact) mass is 389 g/mol. The van der Waals surface area contributed by atoms with Gasteiger partial charge in [-0.25, -0.2) is 15.0 Å². The van der Waals surface area contributed by atoms with Crippen LogP contribution in [0.1, 0.15) is 5.56 Å². The maximum Gasteiger partial charge on any atom is 0.417 e. The van der Waals surface area contributed by atoms with Crippen molar-refractivity contribution >= 4 is 34.3 Å². The first-order chi connectivity index (χ1) is 12.9. The molecule has 0 saturated heterocycles. The van der Waals surface area contributed by atoms with E-state index in [9.17, 15) is 13.2 Å². The van der Waals surface area contributed by atoms with Gasteiger partial charge in [-0.05, 0) is 36.4 Å². The molecule has 2 heterocycles. The smallest absolute Gasteiger partial charge is 0.345 e. The molecular formula is C18H11ClF3N5. The summed E-state index contributed by atoms with van der Waals surface area (Å²) in [6.07, 6.45) is -1.42. The van der Waals surface area contributed by atoms with E-state index in [-0.39, 0.29) is 16.7 Å². The summed E-state index contributed by atoms with van der Waals surface area (Å²) >= 11 is 5.64. The van der Waals surface area contributed by atoms with Crippen LogP contribution in [0.15, 0.2) is 55.0 Å². The van der Waals surface area contributed by atoms with Gasteiger partial charge in [0, 0.05) is 17.4 Å². The second-order valence-electron chi connectivity index (χ2n) is 5.72. The maximum absolute atomic E-state index is 13.0. The van der Waals surface area contributed by atoms with Gasteiger partial charge in [-0.3, -0.25) is 0 Å². The Bertz CT molecular complexity index is 1120. The third-order valence-corrected chi connectivity index (χ3v) is 4.23. The van der Waals surface area contributed by atoms with E-state index >= 15 is 0 Å². The summed E-state index contributed by atoms with van der Waals surface area (Å²) in [7, 11) is 0. The van der Waals surface area contributed by atoms with Gasteiger partial charge < -0.3 is 10.3 Å². The van der Waals surface area contributed by atoms with Gasteiger partial charge in [-0.1, -0.05) is 17.7 Å². The van der Waals surface area contributed by atoms with Gasteiger partial charge in [0.25, 0.3) is 0 Å². The van der Waals surface area contributed by atoms with E-state index in [1.165, 1.54) is 18.3 Å². The summed E-state index contributed by atoms with van der Waals surface area (Å²) < 4.78 is 39.0. The Kier molecular flexibility index (Phi) is 4.19. The van der Waals surface area contributed by atoms with Crippen LogP contribution >= 0.6 is 11.6 Å². The van der Waals surface area contributed by atoms with Gasteiger partial charge in [-0.2, -0.15) is 13.2 Å². The first-order valence-electron chi connectivity index (χ1n) is 7.80. The number of fused-ring (bicyclic) bond motifs is 1. The largest absolute Gasteiger partial charge is 0.417 e. The first kappa shape index (κ1) is 17.3. The molecule has 0 radical (unpaired) electrons. The highest BCUT2D eigenvalue weighted by Gasteiger charge is 2.33. The van der Waals surface area contributed by atoms with Crippen molar-refractivity contribution in [2.24, 2.45) is 0 Å². The van der Waals surface area contributed by atoms with Crippen molar-refractivity contribution in [1.82, 2.24) is 19.9 Å². The molecule has 27 heavy (non-hydrogen) atoms. The number of H-pyrrole nitrogens is 1. The highest BCUT2D eigenvalue weighted by Crippen LogP contribution is 2.36. The zero-order chi connectivity index (χ0) is 19.0. The summed E-state index contributed by atoms with van der Waals surface area (Å²) in [6.45, 7) is 0. The van der Waals surface area contributed by atoms with Crippen molar-refractivity contribution in [3.63, 3.8) is 0 Å². The van der Waals surface area contributed by atoms with Gasteiger partial charge in [0.2, 0.25) is 5.95 Å². The molecule has 9 heteroatoms. The minimum atomic E-state index is -4.55. The third kappa shape index (κ3) is 3.56. The van der Waals surface area contributed by atoms with Gasteiger partial charge in [-0.15, -0.1) is 0 Å². The molecule has 136 valence electrons. The summed E-state index contributed by atoms with van der Waals surface area (Å²) in [6, 6.07) is 10.9. The second kappa shape index (κ2) is 6.55. The second-order valence-corrected chi connectivity index (χ2v) is 6.12. The standard InChI is InChI=1S/C18H11ClF3N5/c19-13-3-2-11(8-12(13)18(20,21)22)26-17-23-6-5-14(27-17)10-1-4-15-16(7-10)25-9-24-15/h1-9H,(H,24,25)(H,23,26,27). The van der Waals surface area contributed by atoms with E-state index in [1.54, 1.807) is 12.4 Å². The molecule has 0 saturated carbocycles. The van der Waals surface area contributed by atoms with E-state index in [2.05, 4.69) is 25.3 Å². The molecule has 0 aliphatic carbocycles. The van der Waals surface area contributed by atoms with E-state index < -0.39 is 11.7 Å². The molecule has 0 atom stereocenters. The van der Waals surface area contributed by atoms with Crippen molar-refractivity contribution in [1.29, 1.82) is 0 Å². The summed E-state index contributed by atoms with van der Waals surface area (Å²) in [5, 5.41) is 2.42. The van der Waals surface area contributed by atoms with Crippen LogP contribution in [0.5, 0.6) is 0 Å². The van der Waals surface area contributed by atoms with Crippen LogP contribution in [0.3, 0.4) is 0 Å². The molecule has 0 fully saturated rings. The number of benzene rings is 2. The van der Waals surface area contributed by atoms with Crippen molar-refractivity contribution < 1.29 is 13.2 Å². The fourth-order valence-electron chi connectivity index (χ4n) is 2.62. The molecule has 2 aromatic heterocycles. The quantitative estimate of drug-likeness (QED) is 0.490. The van der Waals surface area contributed by atoms with Gasteiger partial charge in [0.05, 0.1) is 33.6 Å². The molecule has 4 aromatic rings. The highest BCUT2D eigenvalue weighted by molar-refractivity contribution is 6.31. The predicted molar refractivity (Wildman–Crippen MR) is 96.9 cm³/mol. The van der Waals surface area contributed by atoms with Gasteiger partial charge in [0.1, 0.15) is 0 Å². The van der Waals surface area contributed by atoms with E-state index in [0.717, 1.165) is 22.7 Å². The Hall–Kier alpha value is -3.13. The molecule has 0 aliphatic rings. The Morgan fingerprint density at radius 2 is 1.85 bits per heavy atom. The van der Waals surface area contributed by atoms with Crippen molar-refractivity contribution in [2.45, 2.75) is 6.18 Å². The summed E-state index contributed by atoms with van der Waals surface area (Å²) in [4.78, 5) is 15.6. The van der Waals surface area contributed by atoms with Crippen molar-refractivity contribution in [3.8, 4) is 11.3 Å². The number of nitrogens with zero attached hydrogens (tertiary/aromatic N) is 3. The normalized spacial score (nSPS) is 11.7. The van der Waals surface area contributed by atoms with Gasteiger partial charge in [0.15, 0.2) is 0 Å². The third-order valence-electron chi connectivity index (χ3n) is 3.90. The summed E-state index contributed by atoms with van der Waals surface area (Å²) in [5.41, 5.74) is 2.37. The number of aromatic amines is 1. The SMILES string of the molecule is FC(F)(F)c1cc(Nc2nccc(-c3ccc4[nH]cnc4c3)n2)ccc1Cl. The number of halogens is 4. The zero-order valence-corrected chi connectivity index (χ0v) is 14.3. The number of hydrogen-bond acceptors (Lipinski definition) is 4. The first-order valence-corrected chi connectivity index (χ1v) is 8.18. The average molecular weight is 390 g/mol. The fraction of sp³-hybridized carbons (Fsp3) is 0.0556. The average Bonchev–Trinajstić information content (AvgIpc) is 3.10. The van der Waals surface area contributed by atoms with E-state index in [4.69, 9.17) is 11.6 Å². The Balaban J connectivity index is 1.65. The van der Waals surface area contributed by atoms with Crippen LogP contribution in [0.4, 0.5) is 24.8 Å². The number of rotatable bonds is 3. The number of anilines is 2. The molecular weight excluding hydrogens is 379 g/mol. The van der Waals surface area contributed by atoms with Crippen molar-refractivity contribution in [2.75, 3.05) is 5.32 Å². The Labute approximate surface area is 156 Å². The molecule has 2 N–H and O–H groups in total. The lowest BCUT2D eigenvalue weighted by atomic mass is 10.1. The van der Waals surface area contributed by atoms with E-state index in [0.29, 0.717) is 5.69 Å². The minimum absolute atomic E-state index is 0.171. The van der Waals surface area contributed by atoms with Gasteiger partial charge >= 0.3 is 6.18 Å². The molecule has 0 bridgehead atoms. The minimum Gasteiger partial charge on any atom is -0.345 e. The lowest BCUT2D eigenvalue weighted by Gasteiger charge is -2.12. The van der Waals surface area contributed by atoms with Crippen LogP contribution in [0.25, 0.3) is 22.3 Å². The molecule has 0 aliphatic heterocycles. The predicted octanol–water partition coefficient (Wildman–Crippen LogP) is 5.44. The lowest BCUT2D eigenvalue weighted by molar-refractivity contribution is -0.137. The number of hydrogen-bond donors (Lipinski definition) is 2. The topological polar surface area (TPSA) is 66.5 Å². The molecule has 0 unspecified atom stereocenters. The number of imidazole rings is 1. The summed E-state index contributed by atoms with van der Waals surface area (Å²) in [5.74, 6) is 0.171. The van der Waals surface area contributed by atoms with Crippen LogP contribution < -0.4 is 5.32 Å². The molecule has 2 aromatic carbocycles. The van der Waals surface area contributed by atoms with Crippen molar-refractivity contribution in [3.05, 3.63) is 65.6 Å². The number of nitrogens with one attached hydrogen (secondary N) is 2. The van der Waals surface area contributed by atoms with Crippen LogP contribution in [-0.2, 0) is 6.18 Å². The highest BCUT2D eigenvalue weighted by atomic mass is 35.5. The lowest BCUT2D eigenvalue weighted by Crippen LogP contribution is -2.07.